The molecule has 3 aromatic rings. The van der Waals surface area contributed by atoms with E-state index in [9.17, 15) is 4.79 Å². The Hall–Kier alpha value is -3.05. The van der Waals surface area contributed by atoms with Gasteiger partial charge in [0.05, 0.1) is 12.6 Å². The molecule has 0 saturated heterocycles. The Morgan fingerprint density at radius 2 is 1.79 bits per heavy atom. The molecule has 0 bridgehead atoms. The minimum absolute atomic E-state index is 0.00899. The Bertz CT molecular complexity index is 1000. The number of benzene rings is 3. The van der Waals surface area contributed by atoms with E-state index in [1.54, 1.807) is 0 Å². The zero-order chi connectivity index (χ0) is 20.2. The molecule has 0 aromatic heterocycles. The van der Waals surface area contributed by atoms with Gasteiger partial charge in [-0.25, -0.2) is 0 Å². The number of fused-ring (bicyclic) bond motifs is 2. The molecule has 29 heavy (non-hydrogen) atoms. The first-order valence-corrected chi connectivity index (χ1v) is 9.93. The summed E-state index contributed by atoms with van der Waals surface area (Å²) < 4.78 is 11.7. The van der Waals surface area contributed by atoms with Crippen LogP contribution >= 0.6 is 0 Å². The third-order valence-electron chi connectivity index (χ3n) is 5.15. The lowest BCUT2D eigenvalue weighted by Crippen LogP contribution is -2.43. The van der Waals surface area contributed by atoms with Gasteiger partial charge in [0.1, 0.15) is 12.7 Å². The van der Waals surface area contributed by atoms with E-state index in [2.05, 4.69) is 35.6 Å². The van der Waals surface area contributed by atoms with E-state index in [1.807, 2.05) is 55.3 Å². The number of ether oxygens (including phenoxy) is 2. The van der Waals surface area contributed by atoms with Gasteiger partial charge >= 0.3 is 0 Å². The van der Waals surface area contributed by atoms with Gasteiger partial charge in [0, 0.05) is 6.54 Å². The quantitative estimate of drug-likeness (QED) is 0.696. The van der Waals surface area contributed by atoms with Crippen molar-refractivity contribution in [1.29, 1.82) is 0 Å². The second kappa shape index (κ2) is 8.53. The van der Waals surface area contributed by atoms with Gasteiger partial charge in [0.15, 0.2) is 11.5 Å². The maximum absolute atomic E-state index is 12.5. The highest BCUT2D eigenvalue weighted by molar-refractivity contribution is 5.83. The molecule has 1 aliphatic heterocycles. The Labute approximate surface area is 171 Å². The van der Waals surface area contributed by atoms with Crippen LogP contribution in [0.15, 0.2) is 66.7 Å². The standard InChI is InChI=1S/C24H26N2O3/c1-17(19-12-11-18-7-3-4-8-20(18)13-19)25-24(27)15-26(2)14-21-16-28-22-9-5-6-10-23(22)29-21/h3-13,17,21H,14-16H2,1-2H3,(H,25,27). The average molecular weight is 390 g/mol. The molecule has 2 atom stereocenters. The fourth-order valence-corrected chi connectivity index (χ4v) is 3.66. The van der Waals surface area contributed by atoms with Crippen molar-refractivity contribution in [1.82, 2.24) is 10.2 Å². The van der Waals surface area contributed by atoms with Gasteiger partial charge in [-0.3, -0.25) is 9.69 Å². The maximum atomic E-state index is 12.5. The van der Waals surface area contributed by atoms with Gasteiger partial charge in [-0.2, -0.15) is 0 Å². The largest absolute Gasteiger partial charge is 0.486 e. The SMILES string of the molecule is CC(NC(=O)CN(C)CC1COc2ccccc2O1)c1ccc2ccccc2c1. The first kappa shape index (κ1) is 19.3. The summed E-state index contributed by atoms with van der Waals surface area (Å²) in [7, 11) is 1.92. The van der Waals surface area contributed by atoms with Crippen LogP contribution in [0.3, 0.4) is 0 Å². The maximum Gasteiger partial charge on any atom is 0.234 e. The molecule has 150 valence electrons. The molecule has 0 saturated carbocycles. The van der Waals surface area contributed by atoms with Crippen molar-refractivity contribution >= 4 is 16.7 Å². The average Bonchev–Trinajstić information content (AvgIpc) is 2.73. The lowest BCUT2D eigenvalue weighted by atomic mass is 10.0. The fourth-order valence-electron chi connectivity index (χ4n) is 3.66. The molecular weight excluding hydrogens is 364 g/mol. The molecule has 0 radical (unpaired) electrons. The number of nitrogens with zero attached hydrogens (tertiary/aromatic N) is 1. The molecule has 0 spiro atoms. The third kappa shape index (κ3) is 4.69. The van der Waals surface area contributed by atoms with Gasteiger partial charge < -0.3 is 14.8 Å². The van der Waals surface area contributed by atoms with Crippen LogP contribution in [0, 0.1) is 0 Å². The zero-order valence-corrected chi connectivity index (χ0v) is 16.8. The van der Waals surface area contributed by atoms with Crippen molar-refractivity contribution in [2.24, 2.45) is 0 Å². The summed E-state index contributed by atoms with van der Waals surface area (Å²) in [4.78, 5) is 14.5. The number of likely N-dealkylation sites (N-methyl/N-ethyl adjacent to an activating group) is 1. The van der Waals surface area contributed by atoms with Gasteiger partial charge in [-0.1, -0.05) is 48.5 Å². The number of hydrogen-bond donors (Lipinski definition) is 1. The van der Waals surface area contributed by atoms with E-state index in [4.69, 9.17) is 9.47 Å². The fraction of sp³-hybridized carbons (Fsp3) is 0.292. The second-order valence-electron chi connectivity index (χ2n) is 7.59. The summed E-state index contributed by atoms with van der Waals surface area (Å²) >= 11 is 0. The highest BCUT2D eigenvalue weighted by Crippen LogP contribution is 2.30. The van der Waals surface area contributed by atoms with Gasteiger partial charge in [0.25, 0.3) is 0 Å². The van der Waals surface area contributed by atoms with Crippen molar-refractivity contribution in [3.63, 3.8) is 0 Å². The van der Waals surface area contributed by atoms with Crippen molar-refractivity contribution in [2.45, 2.75) is 19.1 Å². The number of carbonyl (C=O) groups excluding carboxylic acids is 1. The van der Waals surface area contributed by atoms with Crippen molar-refractivity contribution in [3.05, 3.63) is 72.3 Å². The van der Waals surface area contributed by atoms with Crippen LogP contribution in [-0.2, 0) is 4.79 Å². The van der Waals surface area contributed by atoms with Crippen molar-refractivity contribution < 1.29 is 14.3 Å². The molecule has 4 rings (SSSR count). The van der Waals surface area contributed by atoms with E-state index in [0.717, 1.165) is 17.1 Å². The molecule has 1 aliphatic rings. The number of carbonyl (C=O) groups is 1. The summed E-state index contributed by atoms with van der Waals surface area (Å²) in [5, 5.41) is 5.47. The minimum Gasteiger partial charge on any atom is -0.486 e. The Kier molecular flexibility index (Phi) is 5.67. The van der Waals surface area contributed by atoms with E-state index >= 15 is 0 Å². The lowest BCUT2D eigenvalue weighted by Gasteiger charge is -2.29. The predicted octanol–water partition coefficient (Wildman–Crippen LogP) is 3.79. The summed E-state index contributed by atoms with van der Waals surface area (Å²) in [6.07, 6.45) is -0.0967. The van der Waals surface area contributed by atoms with Crippen LogP contribution in [0.2, 0.25) is 0 Å². The molecule has 1 N–H and O–H groups in total. The highest BCUT2D eigenvalue weighted by Gasteiger charge is 2.23. The number of hydrogen-bond acceptors (Lipinski definition) is 4. The Balaban J connectivity index is 1.29. The number of nitrogens with one attached hydrogen (secondary N) is 1. The van der Waals surface area contributed by atoms with Crippen LogP contribution < -0.4 is 14.8 Å². The summed E-state index contributed by atoms with van der Waals surface area (Å²) in [5.41, 5.74) is 1.10. The van der Waals surface area contributed by atoms with Crippen LogP contribution in [0.25, 0.3) is 10.8 Å². The van der Waals surface area contributed by atoms with Crippen LogP contribution in [0.1, 0.15) is 18.5 Å². The molecular formula is C24H26N2O3. The van der Waals surface area contributed by atoms with Crippen LogP contribution in [0.5, 0.6) is 11.5 Å². The van der Waals surface area contributed by atoms with E-state index < -0.39 is 0 Å². The smallest absolute Gasteiger partial charge is 0.234 e. The van der Waals surface area contributed by atoms with Crippen LogP contribution in [0.4, 0.5) is 0 Å². The van der Waals surface area contributed by atoms with Crippen molar-refractivity contribution in [3.8, 4) is 11.5 Å². The van der Waals surface area contributed by atoms with E-state index in [-0.39, 0.29) is 18.1 Å². The monoisotopic (exact) mass is 390 g/mol. The zero-order valence-electron chi connectivity index (χ0n) is 16.8. The first-order chi connectivity index (χ1) is 14.1. The van der Waals surface area contributed by atoms with Crippen LogP contribution in [-0.4, -0.2) is 43.7 Å². The second-order valence-corrected chi connectivity index (χ2v) is 7.59. The number of rotatable bonds is 6. The van der Waals surface area contributed by atoms with Gasteiger partial charge in [0.2, 0.25) is 5.91 Å². The lowest BCUT2D eigenvalue weighted by molar-refractivity contribution is -0.122. The number of amides is 1. The first-order valence-electron chi connectivity index (χ1n) is 9.93. The number of para-hydroxylation sites is 2. The molecule has 1 heterocycles. The molecule has 2 unspecified atom stereocenters. The Morgan fingerprint density at radius 1 is 1.07 bits per heavy atom. The molecule has 0 aliphatic carbocycles. The van der Waals surface area contributed by atoms with Gasteiger partial charge in [-0.15, -0.1) is 0 Å². The molecule has 0 fully saturated rings. The van der Waals surface area contributed by atoms with Gasteiger partial charge in [-0.05, 0) is 48.5 Å². The summed E-state index contributed by atoms with van der Waals surface area (Å²) in [6, 6.07) is 22.1. The third-order valence-corrected chi connectivity index (χ3v) is 5.15. The molecule has 3 aromatic carbocycles. The Morgan fingerprint density at radius 3 is 2.62 bits per heavy atom. The molecule has 5 nitrogen and oxygen atoms in total. The summed E-state index contributed by atoms with van der Waals surface area (Å²) in [5.74, 6) is 1.52. The molecule has 1 amide bonds. The normalized spacial score (nSPS) is 16.6. The topological polar surface area (TPSA) is 50.8 Å². The van der Waals surface area contributed by atoms with E-state index in [1.165, 1.54) is 10.8 Å². The predicted molar refractivity (Wildman–Crippen MR) is 114 cm³/mol. The van der Waals surface area contributed by atoms with Crippen molar-refractivity contribution in [2.75, 3.05) is 26.7 Å². The summed E-state index contributed by atoms with van der Waals surface area (Å²) in [6.45, 7) is 3.42. The minimum atomic E-state index is -0.0967. The highest BCUT2D eigenvalue weighted by atomic mass is 16.6. The molecule has 5 heteroatoms. The van der Waals surface area contributed by atoms with E-state index in [0.29, 0.717) is 19.7 Å².